The molecule has 0 aromatic carbocycles. The molecule has 0 bridgehead atoms. The van der Waals surface area contributed by atoms with Gasteiger partial charge in [0, 0.05) is 19.5 Å². The largest absolute Gasteiger partial charge is 0.492 e. The molecule has 1 aliphatic rings. The molecule has 0 spiro atoms. The number of dihydropyridines is 1. The van der Waals surface area contributed by atoms with E-state index in [1.165, 1.54) is 0 Å². The van der Waals surface area contributed by atoms with Crippen LogP contribution < -0.4 is 0 Å². The van der Waals surface area contributed by atoms with E-state index in [-0.39, 0.29) is 12.3 Å². The molecule has 2 unspecified atom stereocenters. The third-order valence-corrected chi connectivity index (χ3v) is 2.72. The Labute approximate surface area is 106 Å². The molecule has 1 aliphatic heterocycles. The first-order chi connectivity index (χ1) is 8.76. The number of hydrogen-bond donors (Lipinski definition) is 0. The summed E-state index contributed by atoms with van der Waals surface area (Å²) in [5.41, 5.74) is 0.722. The molecular weight excluding hydrogens is 230 g/mol. The summed E-state index contributed by atoms with van der Waals surface area (Å²) in [4.78, 5) is 8.52. The first-order valence-corrected chi connectivity index (χ1v) is 5.84. The minimum Gasteiger partial charge on any atom is -0.492 e. The molecule has 18 heavy (non-hydrogen) atoms. The number of methoxy groups -OCH3 is 1. The third kappa shape index (κ3) is 2.51. The fourth-order valence-corrected chi connectivity index (χ4v) is 1.84. The van der Waals surface area contributed by atoms with Crippen LogP contribution in [0.3, 0.4) is 0 Å². The normalized spacial score (nSPS) is 22.7. The van der Waals surface area contributed by atoms with Crippen LogP contribution in [0.2, 0.25) is 0 Å². The van der Waals surface area contributed by atoms with Crippen molar-refractivity contribution >= 4 is 5.71 Å². The number of allylic oxidation sites excluding steroid dienone is 1. The maximum absolute atomic E-state index is 5.40. The van der Waals surface area contributed by atoms with Gasteiger partial charge < -0.3 is 14.0 Å². The van der Waals surface area contributed by atoms with E-state index in [1.54, 1.807) is 19.6 Å². The minimum atomic E-state index is -0.295. The summed E-state index contributed by atoms with van der Waals surface area (Å²) in [5.74, 6) is 0.569. The number of hydrogen-bond acceptors (Lipinski definition) is 4. The molecule has 0 aliphatic carbocycles. The number of rotatable bonds is 5. The predicted octanol–water partition coefficient (Wildman–Crippen LogP) is 1.96. The van der Waals surface area contributed by atoms with Gasteiger partial charge in [-0.2, -0.15) is 0 Å². The van der Waals surface area contributed by atoms with Crippen LogP contribution in [0.25, 0.3) is 0 Å². The van der Waals surface area contributed by atoms with E-state index in [0.29, 0.717) is 12.4 Å². The van der Waals surface area contributed by atoms with Crippen molar-refractivity contribution in [3.05, 3.63) is 43.2 Å². The topological polar surface area (TPSA) is 48.6 Å². The molecule has 2 heterocycles. The highest BCUT2D eigenvalue weighted by atomic mass is 16.5. The lowest BCUT2D eigenvalue weighted by Crippen LogP contribution is -2.27. The van der Waals surface area contributed by atoms with Gasteiger partial charge >= 0.3 is 0 Å². The molecular formula is C13H17N3O2. The number of aromatic nitrogens is 2. The Morgan fingerprint density at radius 1 is 1.56 bits per heavy atom. The summed E-state index contributed by atoms with van der Waals surface area (Å²) in [6.07, 6.45) is 8.99. The van der Waals surface area contributed by atoms with Gasteiger partial charge in [-0.1, -0.05) is 12.7 Å². The van der Waals surface area contributed by atoms with Crippen molar-refractivity contribution < 1.29 is 9.47 Å². The molecule has 96 valence electrons. The van der Waals surface area contributed by atoms with Crippen LogP contribution in [0.5, 0.6) is 0 Å². The molecule has 0 radical (unpaired) electrons. The van der Waals surface area contributed by atoms with Crippen LogP contribution in [-0.4, -0.2) is 35.2 Å². The molecule has 1 aromatic heterocycles. The number of ether oxygens (including phenoxy) is 2. The van der Waals surface area contributed by atoms with Crippen molar-refractivity contribution in [3.63, 3.8) is 0 Å². The van der Waals surface area contributed by atoms with Gasteiger partial charge in [-0.25, -0.2) is 9.98 Å². The van der Waals surface area contributed by atoms with E-state index in [2.05, 4.69) is 16.6 Å². The zero-order chi connectivity index (χ0) is 13.0. The zero-order valence-corrected chi connectivity index (χ0v) is 10.6. The summed E-state index contributed by atoms with van der Waals surface area (Å²) in [6.45, 7) is 6.34. The molecule has 1 aromatic rings. The number of nitrogens with zero attached hydrogens (tertiary/aromatic N) is 3. The van der Waals surface area contributed by atoms with Gasteiger partial charge in [0.05, 0.1) is 19.0 Å². The predicted molar refractivity (Wildman–Crippen MR) is 69.4 cm³/mol. The highest BCUT2D eigenvalue weighted by Crippen LogP contribution is 2.22. The minimum absolute atomic E-state index is 0.00989. The Morgan fingerprint density at radius 3 is 3.00 bits per heavy atom. The van der Waals surface area contributed by atoms with E-state index in [0.717, 1.165) is 5.71 Å². The Morgan fingerprint density at radius 2 is 2.39 bits per heavy atom. The van der Waals surface area contributed by atoms with E-state index in [9.17, 15) is 0 Å². The maximum Gasteiger partial charge on any atom is 0.172 e. The summed E-state index contributed by atoms with van der Waals surface area (Å²) in [6, 6.07) is 0.00989. The van der Waals surface area contributed by atoms with E-state index >= 15 is 0 Å². The Kier molecular flexibility index (Phi) is 3.94. The van der Waals surface area contributed by atoms with E-state index in [1.807, 2.05) is 29.8 Å². The van der Waals surface area contributed by atoms with Gasteiger partial charge in [0.1, 0.15) is 11.5 Å². The van der Waals surface area contributed by atoms with E-state index < -0.39 is 0 Å². The van der Waals surface area contributed by atoms with Crippen molar-refractivity contribution in [2.45, 2.75) is 19.2 Å². The first kappa shape index (κ1) is 12.6. The lowest BCUT2D eigenvalue weighted by molar-refractivity contribution is 0.0779. The lowest BCUT2D eigenvalue weighted by atomic mass is 10.1. The fourth-order valence-electron chi connectivity index (χ4n) is 1.84. The molecule has 0 saturated carbocycles. The van der Waals surface area contributed by atoms with Crippen LogP contribution in [-0.2, 0) is 9.47 Å². The highest BCUT2D eigenvalue weighted by molar-refractivity contribution is 6.07. The van der Waals surface area contributed by atoms with Crippen molar-refractivity contribution in [3.8, 4) is 0 Å². The molecule has 5 heteroatoms. The molecule has 0 N–H and O–H groups in total. The van der Waals surface area contributed by atoms with Crippen LogP contribution in [0.4, 0.5) is 0 Å². The standard InChI is InChI=1S/C13H17N3O2/c1-4-18-10(2)11-5-6-12(13(15-11)17-3)16-8-7-14-9-16/h5-9,12-13H,2,4H2,1,3H3. The van der Waals surface area contributed by atoms with Gasteiger partial charge in [0.2, 0.25) is 0 Å². The van der Waals surface area contributed by atoms with Gasteiger partial charge in [-0.3, -0.25) is 0 Å². The molecule has 5 nitrogen and oxygen atoms in total. The van der Waals surface area contributed by atoms with Gasteiger partial charge in [-0.15, -0.1) is 0 Å². The second kappa shape index (κ2) is 5.64. The average molecular weight is 247 g/mol. The number of aliphatic imine (C=N–C) groups is 1. The summed E-state index contributed by atoms with van der Waals surface area (Å²) in [7, 11) is 1.64. The summed E-state index contributed by atoms with van der Waals surface area (Å²) < 4.78 is 12.7. The number of imidazole rings is 1. The molecule has 2 rings (SSSR count). The van der Waals surface area contributed by atoms with E-state index in [4.69, 9.17) is 9.47 Å². The SMILES string of the molecule is C=C(OCC)C1=NC(OC)C(n2ccnc2)C=C1. The van der Waals surface area contributed by atoms with Gasteiger partial charge in [0.15, 0.2) is 6.23 Å². The lowest BCUT2D eigenvalue weighted by Gasteiger charge is -2.25. The highest BCUT2D eigenvalue weighted by Gasteiger charge is 2.24. The second-order valence-electron chi connectivity index (χ2n) is 3.86. The molecule has 0 saturated heterocycles. The van der Waals surface area contributed by atoms with Gasteiger partial charge in [0.25, 0.3) is 0 Å². The van der Waals surface area contributed by atoms with Gasteiger partial charge in [-0.05, 0) is 13.0 Å². The molecule has 0 amide bonds. The Hall–Kier alpha value is -1.88. The maximum atomic E-state index is 5.40. The Balaban J connectivity index is 2.17. The Bertz CT molecular complexity index is 463. The van der Waals surface area contributed by atoms with Crippen molar-refractivity contribution in [2.24, 2.45) is 4.99 Å². The zero-order valence-electron chi connectivity index (χ0n) is 10.6. The van der Waals surface area contributed by atoms with Crippen LogP contribution in [0.15, 0.2) is 48.2 Å². The first-order valence-electron chi connectivity index (χ1n) is 5.84. The quantitative estimate of drug-likeness (QED) is 0.747. The molecule has 2 atom stereocenters. The summed E-state index contributed by atoms with van der Waals surface area (Å²) >= 11 is 0. The van der Waals surface area contributed by atoms with Crippen molar-refractivity contribution in [1.29, 1.82) is 0 Å². The van der Waals surface area contributed by atoms with Crippen LogP contribution in [0.1, 0.15) is 13.0 Å². The average Bonchev–Trinajstić information content (AvgIpc) is 2.92. The van der Waals surface area contributed by atoms with Crippen LogP contribution >= 0.6 is 0 Å². The molecule has 0 fully saturated rings. The monoisotopic (exact) mass is 247 g/mol. The fraction of sp³-hybridized carbons (Fsp3) is 0.385. The second-order valence-corrected chi connectivity index (χ2v) is 3.86. The van der Waals surface area contributed by atoms with Crippen LogP contribution in [0, 0.1) is 0 Å². The third-order valence-electron chi connectivity index (χ3n) is 2.72. The van der Waals surface area contributed by atoms with Crippen molar-refractivity contribution in [2.75, 3.05) is 13.7 Å². The smallest absolute Gasteiger partial charge is 0.172 e. The van der Waals surface area contributed by atoms with Crippen molar-refractivity contribution in [1.82, 2.24) is 9.55 Å². The summed E-state index contributed by atoms with van der Waals surface area (Å²) in [5, 5.41) is 0.